The van der Waals surface area contributed by atoms with Crippen molar-refractivity contribution in [1.29, 1.82) is 0 Å². The molecule has 0 amide bonds. The molecule has 6 nitrogen and oxygen atoms in total. The van der Waals surface area contributed by atoms with Crippen molar-refractivity contribution in [3.05, 3.63) is 61.8 Å². The van der Waals surface area contributed by atoms with Gasteiger partial charge >= 0.3 is 5.97 Å². The molecule has 152 valence electrons. The van der Waals surface area contributed by atoms with Gasteiger partial charge in [-0.05, 0) is 56.4 Å². The highest BCUT2D eigenvalue weighted by atomic mass is 19.1. The quantitative estimate of drug-likeness (QED) is 0.749. The summed E-state index contributed by atoms with van der Waals surface area (Å²) in [5.41, 5.74) is 2.18. The summed E-state index contributed by atoms with van der Waals surface area (Å²) < 4.78 is 21.1. The second kappa shape index (κ2) is 6.62. The predicted molar refractivity (Wildman–Crippen MR) is 106 cm³/mol. The molecule has 29 heavy (non-hydrogen) atoms. The molecule has 2 bridgehead atoms. The van der Waals surface area contributed by atoms with Gasteiger partial charge in [-0.1, -0.05) is 6.92 Å². The van der Waals surface area contributed by atoms with Gasteiger partial charge in [0.05, 0.1) is 22.7 Å². The number of benzene rings is 1. The van der Waals surface area contributed by atoms with E-state index < -0.39 is 11.6 Å². The van der Waals surface area contributed by atoms with Gasteiger partial charge in [0.1, 0.15) is 12.4 Å². The van der Waals surface area contributed by atoms with E-state index in [2.05, 4.69) is 4.99 Å². The highest BCUT2D eigenvalue weighted by Gasteiger charge is 2.44. The van der Waals surface area contributed by atoms with Crippen LogP contribution >= 0.6 is 0 Å². The van der Waals surface area contributed by atoms with E-state index in [1.54, 1.807) is 31.4 Å². The van der Waals surface area contributed by atoms with Crippen LogP contribution in [0.1, 0.15) is 53.8 Å². The van der Waals surface area contributed by atoms with E-state index in [0.29, 0.717) is 35.6 Å². The monoisotopic (exact) mass is 398 g/mol. The zero-order valence-electron chi connectivity index (χ0n) is 16.9. The molecule has 1 aromatic carbocycles. The van der Waals surface area contributed by atoms with Crippen molar-refractivity contribution in [3.8, 4) is 0 Å². The fraction of sp³-hybridized carbons (Fsp3) is 0.409. The van der Waals surface area contributed by atoms with Crippen LogP contribution < -0.4 is 5.56 Å². The van der Waals surface area contributed by atoms with Gasteiger partial charge in [0.15, 0.2) is 5.60 Å². The second-order valence-corrected chi connectivity index (χ2v) is 7.72. The molecule has 0 radical (unpaired) electrons. The Morgan fingerprint density at radius 2 is 1.93 bits per heavy atom. The first-order valence-electron chi connectivity index (χ1n) is 9.70. The Balaban J connectivity index is 2.01. The molecule has 0 spiro atoms. The fourth-order valence-electron chi connectivity index (χ4n) is 4.29. The van der Waals surface area contributed by atoms with E-state index >= 15 is 0 Å². The number of hydrogen-bond acceptors (Lipinski definition) is 5. The van der Waals surface area contributed by atoms with Crippen molar-refractivity contribution in [1.82, 2.24) is 4.57 Å². The van der Waals surface area contributed by atoms with E-state index in [0.717, 1.165) is 11.1 Å². The van der Waals surface area contributed by atoms with Crippen molar-refractivity contribution in [2.24, 2.45) is 4.99 Å². The SMILES string of the molecule is CC[C@@]1(O)C(=O)OCc2c1cc1n(c2=O)CCc2c(C)c(F)cc(c2C)N=C1C. The maximum Gasteiger partial charge on any atom is 0.343 e. The normalized spacial score (nSPS) is 20.6. The lowest BCUT2D eigenvalue weighted by molar-refractivity contribution is -0.172. The highest BCUT2D eigenvalue weighted by molar-refractivity contribution is 6.00. The fourth-order valence-corrected chi connectivity index (χ4v) is 4.29. The van der Waals surface area contributed by atoms with Gasteiger partial charge < -0.3 is 14.4 Å². The summed E-state index contributed by atoms with van der Waals surface area (Å²) in [5.74, 6) is -1.08. The minimum atomic E-state index is -1.86. The summed E-state index contributed by atoms with van der Waals surface area (Å²) in [7, 11) is 0. The maximum absolute atomic E-state index is 14.4. The van der Waals surface area contributed by atoms with Crippen molar-refractivity contribution >= 4 is 17.4 Å². The molecular weight excluding hydrogens is 375 g/mol. The molecule has 7 heteroatoms. The van der Waals surface area contributed by atoms with Crippen LogP contribution in [0.2, 0.25) is 0 Å². The highest BCUT2D eigenvalue weighted by Crippen LogP contribution is 2.35. The average molecular weight is 398 g/mol. The van der Waals surface area contributed by atoms with Gasteiger partial charge in [-0.15, -0.1) is 0 Å². The largest absolute Gasteiger partial charge is 0.458 e. The lowest BCUT2D eigenvalue weighted by Crippen LogP contribution is -2.45. The molecule has 4 rings (SSSR count). The summed E-state index contributed by atoms with van der Waals surface area (Å²) in [5, 5.41) is 10.9. The van der Waals surface area contributed by atoms with Crippen LogP contribution in [-0.2, 0) is 34.7 Å². The smallest absolute Gasteiger partial charge is 0.343 e. The third kappa shape index (κ3) is 2.75. The number of pyridine rings is 1. The van der Waals surface area contributed by atoms with Crippen LogP contribution in [-0.4, -0.2) is 21.4 Å². The number of carbonyl (C=O) groups excluding carboxylic acids is 1. The van der Waals surface area contributed by atoms with E-state index in [1.165, 1.54) is 6.07 Å². The van der Waals surface area contributed by atoms with Gasteiger partial charge in [-0.3, -0.25) is 9.79 Å². The predicted octanol–water partition coefficient (Wildman–Crippen LogP) is 2.96. The second-order valence-electron chi connectivity index (χ2n) is 7.72. The van der Waals surface area contributed by atoms with Crippen LogP contribution in [0.3, 0.4) is 0 Å². The Labute approximate surface area is 167 Å². The zero-order chi connectivity index (χ0) is 21.1. The van der Waals surface area contributed by atoms with Crippen LogP contribution in [0, 0.1) is 19.7 Å². The molecule has 0 aliphatic carbocycles. The van der Waals surface area contributed by atoms with Crippen molar-refractivity contribution in [2.45, 2.75) is 59.3 Å². The zero-order valence-corrected chi connectivity index (χ0v) is 16.9. The molecule has 2 aliphatic rings. The molecule has 0 fully saturated rings. The molecule has 1 N–H and O–H groups in total. The van der Waals surface area contributed by atoms with Crippen LogP contribution in [0.5, 0.6) is 0 Å². The van der Waals surface area contributed by atoms with Crippen molar-refractivity contribution in [3.63, 3.8) is 0 Å². The Morgan fingerprint density at radius 1 is 1.21 bits per heavy atom. The van der Waals surface area contributed by atoms with Crippen LogP contribution in [0.25, 0.3) is 0 Å². The first-order chi connectivity index (χ1) is 13.7. The number of ether oxygens (including phenoxy) is 1. The summed E-state index contributed by atoms with van der Waals surface area (Å²) >= 11 is 0. The number of aromatic nitrogens is 1. The number of carbonyl (C=O) groups is 1. The molecule has 0 saturated carbocycles. The number of esters is 1. The van der Waals surface area contributed by atoms with Gasteiger partial charge in [0, 0.05) is 18.2 Å². The molecule has 2 aliphatic heterocycles. The topological polar surface area (TPSA) is 80.9 Å². The molecule has 1 atom stereocenters. The van der Waals surface area contributed by atoms with Crippen molar-refractivity contribution < 1.29 is 19.0 Å². The lowest BCUT2D eigenvalue weighted by Gasteiger charge is -2.32. The Bertz CT molecular complexity index is 1150. The van der Waals surface area contributed by atoms with Gasteiger partial charge in [-0.2, -0.15) is 0 Å². The summed E-state index contributed by atoms with van der Waals surface area (Å²) in [6, 6.07) is 3.07. The third-order valence-electron chi connectivity index (χ3n) is 6.20. The van der Waals surface area contributed by atoms with Crippen LogP contribution in [0.15, 0.2) is 21.9 Å². The maximum atomic E-state index is 14.4. The molecule has 1 aromatic heterocycles. The standard InChI is InChI=1S/C22H23FN2O4/c1-5-22(28)16-8-19-13(4)24-18-9-17(23)11(2)14(12(18)3)6-7-25(19)20(26)15(16)10-29-21(22)27/h8-9,28H,5-7,10H2,1-4H3/t22-/m0/s1. The number of aliphatic imine (C=N–C) groups is 1. The number of nitrogens with zero attached hydrogens (tertiary/aromatic N) is 2. The summed E-state index contributed by atoms with van der Waals surface area (Å²) in [6.07, 6.45) is 0.553. The Kier molecular flexibility index (Phi) is 4.46. The molecule has 3 heterocycles. The van der Waals surface area contributed by atoms with Gasteiger partial charge in [0.25, 0.3) is 5.56 Å². The number of cyclic esters (lactones) is 1. The number of aliphatic hydroxyl groups is 1. The van der Waals surface area contributed by atoms with Crippen molar-refractivity contribution in [2.75, 3.05) is 0 Å². The minimum Gasteiger partial charge on any atom is -0.458 e. The number of hydrogen-bond donors (Lipinski definition) is 1. The third-order valence-corrected chi connectivity index (χ3v) is 6.20. The summed E-state index contributed by atoms with van der Waals surface area (Å²) in [6.45, 7) is 7.19. The van der Waals surface area contributed by atoms with E-state index in [1.807, 2.05) is 6.92 Å². The molecular formula is C22H23FN2O4. The number of halogens is 1. The Hall–Kier alpha value is -2.80. The van der Waals surface area contributed by atoms with E-state index in [-0.39, 0.29) is 35.5 Å². The van der Waals surface area contributed by atoms with E-state index in [4.69, 9.17) is 4.74 Å². The summed E-state index contributed by atoms with van der Waals surface area (Å²) in [4.78, 5) is 30.1. The first-order valence-corrected chi connectivity index (χ1v) is 9.70. The molecule has 0 unspecified atom stereocenters. The van der Waals surface area contributed by atoms with Gasteiger partial charge in [0.2, 0.25) is 0 Å². The lowest BCUT2D eigenvalue weighted by atomic mass is 9.85. The molecule has 2 aromatic rings. The molecule has 0 saturated heterocycles. The average Bonchev–Trinajstić information content (AvgIpc) is 2.72. The van der Waals surface area contributed by atoms with Crippen LogP contribution in [0.4, 0.5) is 10.1 Å². The van der Waals surface area contributed by atoms with Gasteiger partial charge in [-0.25, -0.2) is 9.18 Å². The first kappa shape index (κ1) is 19.5. The van der Waals surface area contributed by atoms with E-state index in [9.17, 15) is 19.1 Å². The number of rotatable bonds is 1. The Morgan fingerprint density at radius 3 is 2.62 bits per heavy atom. The number of fused-ring (bicyclic) bond motifs is 4. The minimum absolute atomic E-state index is 0.0855.